The fraction of sp³-hybridized carbons (Fsp3) is 0.800. The maximum absolute atomic E-state index is 11.9. The summed E-state index contributed by atoms with van der Waals surface area (Å²) < 4.78 is 16.2. The number of ether oxygens (including phenoxy) is 3. The van der Waals surface area contributed by atoms with Crippen LogP contribution in [0.25, 0.3) is 0 Å². The van der Waals surface area contributed by atoms with Crippen molar-refractivity contribution in [2.45, 2.75) is 25.7 Å². The van der Waals surface area contributed by atoms with Crippen molar-refractivity contribution in [1.82, 2.24) is 14.7 Å². The summed E-state index contributed by atoms with van der Waals surface area (Å²) >= 11 is 0. The Morgan fingerprint density at radius 3 is 1.32 bits per heavy atom. The van der Waals surface area contributed by atoms with Crippen molar-refractivity contribution in [1.29, 1.82) is 0 Å². The van der Waals surface area contributed by atoms with Crippen LogP contribution in [-0.2, 0) is 33.4 Å². The molecule has 11 nitrogen and oxygen atoms in total. The van der Waals surface area contributed by atoms with E-state index in [2.05, 4.69) is 0 Å². The first-order valence-corrected chi connectivity index (χ1v) is 10.3. The second kappa shape index (κ2) is 17.4. The Morgan fingerprint density at radius 2 is 0.935 bits per heavy atom. The molecule has 0 aromatic carbocycles. The number of carboxylic acids is 1. The lowest BCUT2D eigenvalue weighted by molar-refractivity contribution is -0.140. The van der Waals surface area contributed by atoms with Gasteiger partial charge in [0.2, 0.25) is 17.7 Å². The minimum absolute atomic E-state index is 0.0188. The van der Waals surface area contributed by atoms with Gasteiger partial charge in [-0.3, -0.25) is 19.2 Å². The van der Waals surface area contributed by atoms with E-state index in [1.54, 1.807) is 33.1 Å². The fourth-order valence-corrected chi connectivity index (χ4v) is 2.23. The van der Waals surface area contributed by atoms with Crippen molar-refractivity contribution < 1.29 is 38.5 Å². The van der Waals surface area contributed by atoms with Crippen LogP contribution < -0.4 is 0 Å². The number of carbonyl (C=O) groups excluding carboxylic acids is 3. The van der Waals surface area contributed by atoms with Crippen molar-refractivity contribution in [2.75, 3.05) is 80.9 Å². The standard InChI is InChI=1S/C20H37N3O8/c1-21(2)17(24)5-6-18(25)22(3)9-11-29-13-15-31-16-14-30-12-10-23(4)19(26)7-8-20(27)28/h5-16H2,1-4H3,(H,27,28). The van der Waals surface area contributed by atoms with Gasteiger partial charge in [-0.05, 0) is 0 Å². The minimum atomic E-state index is -0.993. The van der Waals surface area contributed by atoms with Crippen LogP contribution in [0.5, 0.6) is 0 Å². The summed E-state index contributed by atoms with van der Waals surface area (Å²) in [5, 5.41) is 8.56. The van der Waals surface area contributed by atoms with E-state index in [9.17, 15) is 19.2 Å². The molecule has 0 aliphatic rings. The first-order valence-electron chi connectivity index (χ1n) is 10.3. The summed E-state index contributed by atoms with van der Waals surface area (Å²) in [4.78, 5) is 49.9. The van der Waals surface area contributed by atoms with Crippen LogP contribution in [0.1, 0.15) is 25.7 Å². The van der Waals surface area contributed by atoms with Gasteiger partial charge in [0, 0.05) is 60.5 Å². The number of amides is 3. The molecule has 31 heavy (non-hydrogen) atoms. The highest BCUT2D eigenvalue weighted by Gasteiger charge is 2.12. The minimum Gasteiger partial charge on any atom is -0.481 e. The predicted octanol–water partition coefficient (Wildman–Crippen LogP) is -0.314. The summed E-state index contributed by atoms with van der Waals surface area (Å²) in [7, 11) is 6.60. The third-order valence-corrected chi connectivity index (χ3v) is 4.34. The molecule has 0 spiro atoms. The number of nitrogens with zero attached hydrogens (tertiary/aromatic N) is 3. The van der Waals surface area contributed by atoms with Gasteiger partial charge in [-0.1, -0.05) is 0 Å². The Morgan fingerprint density at radius 1 is 0.581 bits per heavy atom. The van der Waals surface area contributed by atoms with E-state index in [1.165, 1.54) is 9.80 Å². The van der Waals surface area contributed by atoms with Crippen LogP contribution in [0.4, 0.5) is 0 Å². The van der Waals surface area contributed by atoms with Crippen molar-refractivity contribution in [3.05, 3.63) is 0 Å². The summed E-state index contributed by atoms with van der Waals surface area (Å²) in [6.45, 7) is 3.10. The van der Waals surface area contributed by atoms with Gasteiger partial charge in [0.25, 0.3) is 0 Å². The molecular weight excluding hydrogens is 410 g/mol. The molecule has 11 heteroatoms. The molecule has 0 aliphatic heterocycles. The Hall–Kier alpha value is -2.24. The number of aliphatic carboxylic acids is 1. The summed E-state index contributed by atoms with van der Waals surface area (Å²) in [6, 6.07) is 0. The summed E-state index contributed by atoms with van der Waals surface area (Å²) in [5.74, 6) is -1.39. The van der Waals surface area contributed by atoms with Crippen LogP contribution >= 0.6 is 0 Å². The van der Waals surface area contributed by atoms with Gasteiger partial charge in [0.05, 0.1) is 46.1 Å². The highest BCUT2D eigenvalue weighted by molar-refractivity contribution is 5.83. The van der Waals surface area contributed by atoms with Gasteiger partial charge in [-0.15, -0.1) is 0 Å². The number of hydrogen-bond acceptors (Lipinski definition) is 7. The van der Waals surface area contributed by atoms with E-state index in [0.717, 1.165) is 0 Å². The molecule has 1 N–H and O–H groups in total. The first-order chi connectivity index (χ1) is 14.6. The van der Waals surface area contributed by atoms with E-state index in [0.29, 0.717) is 52.7 Å². The largest absolute Gasteiger partial charge is 0.481 e. The third kappa shape index (κ3) is 16.2. The molecule has 0 fully saturated rings. The Balaban J connectivity index is 3.53. The molecule has 0 rings (SSSR count). The predicted molar refractivity (Wildman–Crippen MR) is 113 cm³/mol. The molecular formula is C20H37N3O8. The smallest absolute Gasteiger partial charge is 0.303 e. The summed E-state index contributed by atoms with van der Waals surface area (Å²) in [5.41, 5.74) is 0. The topological polar surface area (TPSA) is 126 Å². The molecule has 0 saturated heterocycles. The van der Waals surface area contributed by atoms with Crippen LogP contribution in [0.15, 0.2) is 0 Å². The zero-order chi connectivity index (χ0) is 23.6. The molecule has 0 aromatic rings. The molecule has 180 valence electrons. The first kappa shape index (κ1) is 28.8. The van der Waals surface area contributed by atoms with Gasteiger partial charge < -0.3 is 34.0 Å². The van der Waals surface area contributed by atoms with E-state index in [-0.39, 0.29) is 43.4 Å². The number of rotatable bonds is 18. The van der Waals surface area contributed by atoms with Gasteiger partial charge in [0.1, 0.15) is 0 Å². The van der Waals surface area contributed by atoms with Crippen molar-refractivity contribution in [2.24, 2.45) is 0 Å². The number of carboxylic acid groups (broad SMARTS) is 1. The third-order valence-electron chi connectivity index (χ3n) is 4.34. The van der Waals surface area contributed by atoms with E-state index >= 15 is 0 Å². The van der Waals surface area contributed by atoms with Crippen LogP contribution in [-0.4, -0.2) is 124 Å². The average molecular weight is 448 g/mol. The molecule has 0 aliphatic carbocycles. The van der Waals surface area contributed by atoms with Gasteiger partial charge in [0.15, 0.2) is 0 Å². The van der Waals surface area contributed by atoms with Crippen LogP contribution in [0.3, 0.4) is 0 Å². The average Bonchev–Trinajstić information content (AvgIpc) is 2.72. The molecule has 0 bridgehead atoms. The van der Waals surface area contributed by atoms with E-state index in [4.69, 9.17) is 19.3 Å². The lowest BCUT2D eigenvalue weighted by Gasteiger charge is -2.18. The maximum atomic E-state index is 11.9. The highest BCUT2D eigenvalue weighted by atomic mass is 16.5. The van der Waals surface area contributed by atoms with Crippen LogP contribution in [0.2, 0.25) is 0 Å². The van der Waals surface area contributed by atoms with E-state index < -0.39 is 5.97 Å². The maximum Gasteiger partial charge on any atom is 0.303 e. The Bertz CT molecular complexity index is 557. The zero-order valence-electron chi connectivity index (χ0n) is 19.1. The quantitative estimate of drug-likeness (QED) is 0.284. The molecule has 0 heterocycles. The van der Waals surface area contributed by atoms with Gasteiger partial charge in [-0.25, -0.2) is 0 Å². The molecule has 0 aromatic heterocycles. The van der Waals surface area contributed by atoms with Crippen molar-refractivity contribution >= 4 is 23.7 Å². The monoisotopic (exact) mass is 447 g/mol. The second-order valence-electron chi connectivity index (χ2n) is 7.15. The van der Waals surface area contributed by atoms with Crippen molar-refractivity contribution in [3.63, 3.8) is 0 Å². The fourth-order valence-electron chi connectivity index (χ4n) is 2.23. The molecule has 3 amide bonds. The number of carbonyl (C=O) groups is 4. The number of likely N-dealkylation sites (N-methyl/N-ethyl adjacent to an activating group) is 2. The highest BCUT2D eigenvalue weighted by Crippen LogP contribution is 1.99. The zero-order valence-corrected chi connectivity index (χ0v) is 19.1. The van der Waals surface area contributed by atoms with Gasteiger partial charge >= 0.3 is 5.97 Å². The lowest BCUT2D eigenvalue weighted by Crippen LogP contribution is -2.32. The van der Waals surface area contributed by atoms with Crippen molar-refractivity contribution in [3.8, 4) is 0 Å². The van der Waals surface area contributed by atoms with Gasteiger partial charge in [-0.2, -0.15) is 0 Å². The normalized spacial score (nSPS) is 10.6. The molecule has 0 atom stereocenters. The SMILES string of the molecule is CN(C)C(=O)CCC(=O)N(C)CCOCCOCCOCCN(C)C(=O)CCC(=O)O. The Labute approximate surface area is 184 Å². The van der Waals surface area contributed by atoms with E-state index in [1.807, 2.05) is 0 Å². The number of hydrogen-bond donors (Lipinski definition) is 1. The van der Waals surface area contributed by atoms with Crippen LogP contribution in [0, 0.1) is 0 Å². The molecule has 0 unspecified atom stereocenters. The molecule has 0 radical (unpaired) electrons. The summed E-state index contributed by atoms with van der Waals surface area (Å²) in [6.07, 6.45) is 0.187. The molecule has 0 saturated carbocycles. The lowest BCUT2D eigenvalue weighted by atomic mass is 10.2. The second-order valence-corrected chi connectivity index (χ2v) is 7.15. The Kier molecular flexibility index (Phi) is 16.2.